The summed E-state index contributed by atoms with van der Waals surface area (Å²) in [4.78, 5) is 0. The largest absolute Gasteiger partial charge is 0.474 e. The smallest absolute Gasteiger partial charge is 0.290 e. The van der Waals surface area contributed by atoms with Gasteiger partial charge in [-0.05, 0) is 6.42 Å². The molecule has 0 heterocycles. The van der Waals surface area contributed by atoms with Gasteiger partial charge in [0.05, 0.1) is 12.4 Å². The molecular weight excluding hydrogens is 235 g/mol. The topological polar surface area (TPSA) is 99.1 Å². The monoisotopic (exact) mass is 248 g/mol. The highest BCUT2D eigenvalue weighted by Crippen LogP contribution is 2.47. The van der Waals surface area contributed by atoms with Gasteiger partial charge in [0.25, 0.3) is 10.1 Å². The van der Waals surface area contributed by atoms with E-state index in [9.17, 15) is 13.0 Å². The molecule has 0 fully saturated rings. The zero-order valence-electron chi connectivity index (χ0n) is 7.87. The number of rotatable bonds is 7. The van der Waals surface area contributed by atoms with Crippen molar-refractivity contribution in [1.82, 2.24) is 0 Å². The van der Waals surface area contributed by atoms with Crippen LogP contribution in [0.4, 0.5) is 0 Å². The van der Waals surface area contributed by atoms with Crippen molar-refractivity contribution in [2.45, 2.75) is 6.42 Å². The first-order chi connectivity index (χ1) is 6.33. The normalized spacial score (nSPS) is 13.1. The molecule has 86 valence electrons. The summed E-state index contributed by atoms with van der Waals surface area (Å²) in [6.07, 6.45) is 0.00947. The van der Waals surface area contributed by atoms with E-state index < -0.39 is 23.7 Å². The van der Waals surface area contributed by atoms with Crippen molar-refractivity contribution in [3.8, 4) is 0 Å². The maximum absolute atomic E-state index is 11.2. The Kier molecular flexibility index (Phi) is 5.80. The van der Waals surface area contributed by atoms with E-state index in [0.29, 0.717) is 0 Å². The molecule has 14 heavy (non-hydrogen) atoms. The predicted molar refractivity (Wildman–Crippen MR) is 48.6 cm³/mol. The molecule has 0 aromatic carbocycles. The first-order valence-corrected chi connectivity index (χ1v) is 6.71. The van der Waals surface area contributed by atoms with Crippen LogP contribution in [-0.4, -0.2) is 39.5 Å². The second-order valence-electron chi connectivity index (χ2n) is 2.29. The van der Waals surface area contributed by atoms with Gasteiger partial charge in [0.2, 0.25) is 0 Å². The van der Waals surface area contributed by atoms with Crippen LogP contribution in [0.1, 0.15) is 6.42 Å². The van der Waals surface area contributed by atoms with Gasteiger partial charge in [0.15, 0.2) is 0 Å². The summed E-state index contributed by atoms with van der Waals surface area (Å²) in [6.45, 7) is -0.140. The van der Waals surface area contributed by atoms with Crippen molar-refractivity contribution in [1.29, 1.82) is 0 Å². The van der Waals surface area contributed by atoms with E-state index in [0.717, 1.165) is 14.2 Å². The molecule has 0 aromatic rings. The van der Waals surface area contributed by atoms with Crippen LogP contribution in [0.15, 0.2) is 0 Å². The van der Waals surface area contributed by atoms with Crippen molar-refractivity contribution in [3.05, 3.63) is 0 Å². The molecule has 0 bridgehead atoms. The molecule has 0 amide bonds. The van der Waals surface area contributed by atoms with Crippen molar-refractivity contribution >= 4 is 17.9 Å². The highest BCUT2D eigenvalue weighted by Gasteiger charge is 2.22. The molecule has 0 atom stereocenters. The minimum atomic E-state index is -4.01. The third-order valence-electron chi connectivity index (χ3n) is 1.24. The molecule has 0 unspecified atom stereocenters. The molecule has 0 rings (SSSR count). The number of hydrogen-bond acceptors (Lipinski definition) is 6. The molecule has 0 aromatic heterocycles. The lowest BCUT2D eigenvalue weighted by Crippen LogP contribution is -2.07. The maximum atomic E-state index is 11.2. The Hall–Kier alpha value is 0.0200. The lowest BCUT2D eigenvalue weighted by molar-refractivity contribution is 0.152. The van der Waals surface area contributed by atoms with E-state index in [4.69, 9.17) is 4.55 Å². The number of phosphoric acid groups is 1. The average molecular weight is 248 g/mol. The Bertz CT molecular complexity index is 289. The lowest BCUT2D eigenvalue weighted by Gasteiger charge is -2.12. The van der Waals surface area contributed by atoms with Gasteiger partial charge < -0.3 is 0 Å². The zero-order valence-corrected chi connectivity index (χ0v) is 9.58. The molecule has 0 aliphatic carbocycles. The van der Waals surface area contributed by atoms with E-state index >= 15 is 0 Å². The van der Waals surface area contributed by atoms with Crippen LogP contribution in [0.3, 0.4) is 0 Å². The van der Waals surface area contributed by atoms with E-state index in [-0.39, 0.29) is 13.0 Å². The van der Waals surface area contributed by atoms with Crippen LogP contribution in [0.2, 0.25) is 0 Å². The number of hydrogen-bond donors (Lipinski definition) is 1. The summed E-state index contributed by atoms with van der Waals surface area (Å²) >= 11 is 0. The maximum Gasteiger partial charge on any atom is 0.474 e. The third-order valence-corrected chi connectivity index (χ3v) is 3.44. The van der Waals surface area contributed by atoms with Crippen LogP contribution in [0, 0.1) is 0 Å². The van der Waals surface area contributed by atoms with Crippen LogP contribution < -0.4 is 0 Å². The second-order valence-corrected chi connectivity index (χ2v) is 5.74. The molecule has 0 aliphatic heterocycles. The molecule has 0 saturated heterocycles. The Labute approximate surface area is 82.7 Å². The SMILES string of the molecule is COP(=O)(OC)OCCCS(=O)(=O)O. The molecule has 0 spiro atoms. The van der Waals surface area contributed by atoms with Crippen molar-refractivity contribution in [2.24, 2.45) is 0 Å². The van der Waals surface area contributed by atoms with Gasteiger partial charge in [-0.1, -0.05) is 0 Å². The minimum absolute atomic E-state index is 0.00947. The predicted octanol–water partition coefficient (Wildman–Crippen LogP) is 0.682. The average Bonchev–Trinajstić information content (AvgIpc) is 2.11. The van der Waals surface area contributed by atoms with Crippen LogP contribution in [-0.2, 0) is 28.3 Å². The van der Waals surface area contributed by atoms with E-state index in [1.165, 1.54) is 0 Å². The van der Waals surface area contributed by atoms with Gasteiger partial charge in [0.1, 0.15) is 0 Å². The van der Waals surface area contributed by atoms with Gasteiger partial charge in [-0.25, -0.2) is 4.57 Å². The first kappa shape index (κ1) is 14.0. The zero-order chi connectivity index (χ0) is 11.2. The first-order valence-electron chi connectivity index (χ1n) is 3.64. The quantitative estimate of drug-likeness (QED) is 0.401. The molecule has 0 saturated carbocycles. The minimum Gasteiger partial charge on any atom is -0.290 e. The molecule has 7 nitrogen and oxygen atoms in total. The van der Waals surface area contributed by atoms with Gasteiger partial charge in [-0.15, -0.1) is 0 Å². The fourth-order valence-corrected chi connectivity index (χ4v) is 1.79. The lowest BCUT2D eigenvalue weighted by atomic mass is 10.5. The summed E-state index contributed by atoms with van der Waals surface area (Å²) in [7, 11) is -5.25. The van der Waals surface area contributed by atoms with E-state index in [1.807, 2.05) is 0 Å². The molecule has 0 radical (unpaired) electrons. The van der Waals surface area contributed by atoms with Crippen molar-refractivity contribution in [2.75, 3.05) is 26.6 Å². The molecule has 9 heteroatoms. The van der Waals surface area contributed by atoms with Gasteiger partial charge in [-0.2, -0.15) is 8.42 Å². The van der Waals surface area contributed by atoms with Crippen molar-refractivity contribution < 1.29 is 31.1 Å². The van der Waals surface area contributed by atoms with Crippen LogP contribution >= 0.6 is 7.82 Å². The molecule has 0 aliphatic rings. The van der Waals surface area contributed by atoms with Crippen LogP contribution in [0.5, 0.6) is 0 Å². The van der Waals surface area contributed by atoms with E-state index in [1.54, 1.807) is 0 Å². The Morgan fingerprint density at radius 2 is 1.79 bits per heavy atom. The Morgan fingerprint density at radius 3 is 2.14 bits per heavy atom. The number of phosphoric ester groups is 1. The third kappa shape index (κ3) is 6.47. The van der Waals surface area contributed by atoms with E-state index in [2.05, 4.69) is 13.6 Å². The summed E-state index contributed by atoms with van der Waals surface area (Å²) < 4.78 is 53.6. The Balaban J connectivity index is 3.80. The fourth-order valence-electron chi connectivity index (χ4n) is 0.598. The fraction of sp³-hybridized carbons (Fsp3) is 1.00. The summed E-state index contributed by atoms with van der Waals surface area (Å²) in [5, 5.41) is 0. The summed E-state index contributed by atoms with van der Waals surface area (Å²) in [5.41, 5.74) is 0. The van der Waals surface area contributed by atoms with Gasteiger partial charge in [0, 0.05) is 14.2 Å². The van der Waals surface area contributed by atoms with Gasteiger partial charge >= 0.3 is 7.82 Å². The highest BCUT2D eigenvalue weighted by atomic mass is 32.2. The standard InChI is InChI=1S/C5H13O7PS/c1-10-13(6,11-2)12-4-3-5-14(7,8)9/h3-5H2,1-2H3,(H,7,8,9). The Morgan fingerprint density at radius 1 is 1.29 bits per heavy atom. The van der Waals surface area contributed by atoms with Gasteiger partial charge in [-0.3, -0.25) is 18.1 Å². The molecule has 1 N–H and O–H groups in total. The van der Waals surface area contributed by atoms with Crippen molar-refractivity contribution in [3.63, 3.8) is 0 Å². The molecular formula is C5H13O7PS. The summed E-state index contributed by atoms with van der Waals surface area (Å²) in [5.74, 6) is -0.458. The second kappa shape index (κ2) is 5.79. The van der Waals surface area contributed by atoms with Crippen LogP contribution in [0.25, 0.3) is 0 Å². The summed E-state index contributed by atoms with van der Waals surface area (Å²) in [6, 6.07) is 0. The highest BCUT2D eigenvalue weighted by molar-refractivity contribution is 7.85.